The van der Waals surface area contributed by atoms with E-state index in [1.54, 1.807) is 0 Å². The van der Waals surface area contributed by atoms with Crippen LogP contribution in [0.25, 0.3) is 0 Å². The van der Waals surface area contributed by atoms with Crippen molar-refractivity contribution in [2.75, 3.05) is 11.9 Å². The van der Waals surface area contributed by atoms with Crippen molar-refractivity contribution in [2.24, 2.45) is 0 Å². The standard InChI is InChI=1S/C16H15Br2NO2/c17-12-6-8-15(9-7-12)21-10-2-5-16(20)19-14-4-1-3-13(18)11-14/h1,3-4,6-9,11H,2,5,10H2,(H,19,20). The first-order chi connectivity index (χ1) is 10.1. The van der Waals surface area contributed by atoms with E-state index < -0.39 is 0 Å². The second-order valence-corrected chi connectivity index (χ2v) is 6.30. The zero-order valence-corrected chi connectivity index (χ0v) is 14.5. The van der Waals surface area contributed by atoms with Crippen LogP contribution in [0.5, 0.6) is 5.75 Å². The predicted octanol–water partition coefficient (Wildman–Crippen LogP) is 5.01. The third-order valence-electron chi connectivity index (χ3n) is 2.74. The van der Waals surface area contributed by atoms with Crippen molar-refractivity contribution in [3.8, 4) is 5.75 Å². The molecule has 0 aromatic heterocycles. The molecule has 2 rings (SSSR count). The number of rotatable bonds is 6. The van der Waals surface area contributed by atoms with Gasteiger partial charge >= 0.3 is 0 Å². The molecule has 21 heavy (non-hydrogen) atoms. The van der Waals surface area contributed by atoms with Gasteiger partial charge in [0.15, 0.2) is 0 Å². The molecule has 2 aromatic rings. The maximum atomic E-state index is 11.8. The predicted molar refractivity (Wildman–Crippen MR) is 91.6 cm³/mol. The van der Waals surface area contributed by atoms with Crippen molar-refractivity contribution in [3.05, 3.63) is 57.5 Å². The first-order valence-corrected chi connectivity index (χ1v) is 8.16. The monoisotopic (exact) mass is 411 g/mol. The van der Waals surface area contributed by atoms with Crippen molar-refractivity contribution >= 4 is 43.5 Å². The highest BCUT2D eigenvalue weighted by Crippen LogP contribution is 2.17. The number of nitrogens with one attached hydrogen (secondary N) is 1. The molecule has 1 amide bonds. The van der Waals surface area contributed by atoms with Gasteiger partial charge in [0.2, 0.25) is 5.91 Å². The topological polar surface area (TPSA) is 38.3 Å². The first kappa shape index (κ1) is 16.0. The summed E-state index contributed by atoms with van der Waals surface area (Å²) in [5, 5.41) is 2.86. The zero-order chi connectivity index (χ0) is 15.1. The molecule has 3 nitrogen and oxygen atoms in total. The summed E-state index contributed by atoms with van der Waals surface area (Å²) in [6.45, 7) is 0.521. The number of amides is 1. The molecular weight excluding hydrogens is 398 g/mol. The molecule has 2 aromatic carbocycles. The molecule has 0 saturated carbocycles. The number of anilines is 1. The highest BCUT2D eigenvalue weighted by molar-refractivity contribution is 9.10. The van der Waals surface area contributed by atoms with Gasteiger partial charge < -0.3 is 10.1 Å². The molecule has 0 bridgehead atoms. The van der Waals surface area contributed by atoms with E-state index in [1.165, 1.54) is 0 Å². The largest absolute Gasteiger partial charge is 0.494 e. The van der Waals surface area contributed by atoms with Crippen LogP contribution in [0, 0.1) is 0 Å². The van der Waals surface area contributed by atoms with E-state index in [-0.39, 0.29) is 5.91 Å². The molecule has 0 aliphatic heterocycles. The Hall–Kier alpha value is -1.33. The fraction of sp³-hybridized carbons (Fsp3) is 0.188. The molecule has 0 saturated heterocycles. The summed E-state index contributed by atoms with van der Waals surface area (Å²) in [6.07, 6.45) is 1.11. The van der Waals surface area contributed by atoms with Crippen LogP contribution in [0.3, 0.4) is 0 Å². The van der Waals surface area contributed by atoms with Gasteiger partial charge in [0.05, 0.1) is 6.61 Å². The van der Waals surface area contributed by atoms with E-state index in [0.717, 1.165) is 20.4 Å². The summed E-state index contributed by atoms with van der Waals surface area (Å²) in [5.41, 5.74) is 0.795. The number of carbonyl (C=O) groups is 1. The van der Waals surface area contributed by atoms with Crippen molar-refractivity contribution in [3.63, 3.8) is 0 Å². The van der Waals surface area contributed by atoms with Crippen LogP contribution in [-0.2, 0) is 4.79 Å². The van der Waals surface area contributed by atoms with Gasteiger partial charge in [-0.3, -0.25) is 4.79 Å². The lowest BCUT2D eigenvalue weighted by atomic mass is 10.2. The van der Waals surface area contributed by atoms with Gasteiger partial charge in [0, 0.05) is 21.1 Å². The Kier molecular flexibility index (Phi) is 6.26. The van der Waals surface area contributed by atoms with E-state index >= 15 is 0 Å². The van der Waals surface area contributed by atoms with Crippen LogP contribution in [0.2, 0.25) is 0 Å². The summed E-state index contributed by atoms with van der Waals surface area (Å²) in [6, 6.07) is 15.2. The van der Waals surface area contributed by atoms with E-state index in [9.17, 15) is 4.79 Å². The third-order valence-corrected chi connectivity index (χ3v) is 3.76. The Balaban J connectivity index is 1.68. The molecule has 0 radical (unpaired) electrons. The lowest BCUT2D eigenvalue weighted by Gasteiger charge is -2.07. The molecule has 0 heterocycles. The maximum absolute atomic E-state index is 11.8. The van der Waals surface area contributed by atoms with Gasteiger partial charge in [-0.25, -0.2) is 0 Å². The number of carbonyl (C=O) groups excluding carboxylic acids is 1. The SMILES string of the molecule is O=C(CCCOc1ccc(Br)cc1)Nc1cccc(Br)c1. The zero-order valence-electron chi connectivity index (χ0n) is 11.3. The van der Waals surface area contributed by atoms with Crippen LogP contribution in [0.1, 0.15) is 12.8 Å². The van der Waals surface area contributed by atoms with Gasteiger partial charge in [-0.1, -0.05) is 37.9 Å². The molecule has 5 heteroatoms. The second kappa shape index (κ2) is 8.20. The molecule has 0 fully saturated rings. The highest BCUT2D eigenvalue weighted by atomic mass is 79.9. The van der Waals surface area contributed by atoms with Gasteiger partial charge in [0.1, 0.15) is 5.75 Å². The Morgan fingerprint density at radius 2 is 1.81 bits per heavy atom. The Bertz CT molecular complexity index is 599. The minimum atomic E-state index is -0.00694. The van der Waals surface area contributed by atoms with Gasteiger partial charge in [-0.05, 0) is 48.9 Å². The molecule has 0 atom stereocenters. The van der Waals surface area contributed by atoms with Crippen LogP contribution in [0.15, 0.2) is 57.5 Å². The number of ether oxygens (including phenoxy) is 1. The molecule has 0 unspecified atom stereocenters. The summed E-state index contributed by atoms with van der Waals surface area (Å²) in [7, 11) is 0. The normalized spacial score (nSPS) is 10.2. The lowest BCUT2D eigenvalue weighted by molar-refractivity contribution is -0.116. The molecule has 110 valence electrons. The van der Waals surface area contributed by atoms with Crippen molar-refractivity contribution in [1.29, 1.82) is 0 Å². The smallest absolute Gasteiger partial charge is 0.224 e. The quantitative estimate of drug-likeness (QED) is 0.677. The minimum absolute atomic E-state index is 0.00694. The van der Waals surface area contributed by atoms with Gasteiger partial charge in [-0.15, -0.1) is 0 Å². The number of halogens is 2. The third kappa shape index (κ3) is 5.89. The molecule has 0 aliphatic rings. The van der Waals surface area contributed by atoms with Crippen molar-refractivity contribution in [2.45, 2.75) is 12.8 Å². The molecule has 1 N–H and O–H groups in total. The van der Waals surface area contributed by atoms with Crippen molar-refractivity contribution < 1.29 is 9.53 Å². The van der Waals surface area contributed by atoms with E-state index in [1.807, 2.05) is 48.5 Å². The van der Waals surface area contributed by atoms with Crippen LogP contribution < -0.4 is 10.1 Å². The Morgan fingerprint density at radius 1 is 1.05 bits per heavy atom. The van der Waals surface area contributed by atoms with Crippen LogP contribution >= 0.6 is 31.9 Å². The van der Waals surface area contributed by atoms with E-state index in [2.05, 4.69) is 37.2 Å². The lowest BCUT2D eigenvalue weighted by Crippen LogP contribution is -2.12. The van der Waals surface area contributed by atoms with Crippen LogP contribution in [0.4, 0.5) is 5.69 Å². The second-order valence-electron chi connectivity index (χ2n) is 4.46. The summed E-state index contributed by atoms with van der Waals surface area (Å²) >= 11 is 6.74. The van der Waals surface area contributed by atoms with Crippen LogP contribution in [-0.4, -0.2) is 12.5 Å². The number of hydrogen-bond acceptors (Lipinski definition) is 2. The number of benzene rings is 2. The minimum Gasteiger partial charge on any atom is -0.494 e. The van der Waals surface area contributed by atoms with Gasteiger partial charge in [-0.2, -0.15) is 0 Å². The first-order valence-electron chi connectivity index (χ1n) is 6.57. The molecule has 0 aliphatic carbocycles. The van der Waals surface area contributed by atoms with Gasteiger partial charge in [0.25, 0.3) is 0 Å². The average Bonchev–Trinajstić information content (AvgIpc) is 2.45. The summed E-state index contributed by atoms with van der Waals surface area (Å²) < 4.78 is 7.53. The Labute approximate surface area is 141 Å². The van der Waals surface area contributed by atoms with E-state index in [0.29, 0.717) is 19.4 Å². The molecule has 0 spiro atoms. The maximum Gasteiger partial charge on any atom is 0.224 e. The fourth-order valence-corrected chi connectivity index (χ4v) is 2.41. The highest BCUT2D eigenvalue weighted by Gasteiger charge is 2.03. The summed E-state index contributed by atoms with van der Waals surface area (Å²) in [4.78, 5) is 11.8. The average molecular weight is 413 g/mol. The fourth-order valence-electron chi connectivity index (χ4n) is 1.74. The molecular formula is C16H15Br2NO2. The Morgan fingerprint density at radius 3 is 2.52 bits per heavy atom. The number of hydrogen-bond donors (Lipinski definition) is 1. The summed E-state index contributed by atoms with van der Waals surface area (Å²) in [5.74, 6) is 0.804. The van der Waals surface area contributed by atoms with Crippen molar-refractivity contribution in [1.82, 2.24) is 0 Å². The van der Waals surface area contributed by atoms with E-state index in [4.69, 9.17) is 4.74 Å².